The molecule has 2 N–H and O–H groups in total. The summed E-state index contributed by atoms with van der Waals surface area (Å²) in [6.07, 6.45) is 2.48. The highest BCUT2D eigenvalue weighted by Crippen LogP contribution is 1.97. The molecule has 0 aromatic rings. The highest BCUT2D eigenvalue weighted by Gasteiger charge is 2.12. The number of nitrogens with one attached hydrogen (secondary N) is 2. The Balaban J connectivity index is 3.23. The second-order valence-electron chi connectivity index (χ2n) is 6.47. The van der Waals surface area contributed by atoms with E-state index >= 15 is 0 Å². The maximum atomic E-state index is 3.53. The molecule has 0 aliphatic heterocycles. The van der Waals surface area contributed by atoms with Gasteiger partial charge in [0, 0.05) is 13.1 Å². The Morgan fingerprint density at radius 3 is 1.14 bits per heavy atom. The van der Waals surface area contributed by atoms with Gasteiger partial charge in [0.25, 0.3) is 0 Å². The molecule has 0 amide bonds. The first-order valence-electron chi connectivity index (χ1n) is 5.62. The van der Waals surface area contributed by atoms with E-state index in [1.807, 2.05) is 0 Å². The molecule has 2 nitrogen and oxygen atoms in total. The van der Waals surface area contributed by atoms with Crippen LogP contribution in [-0.4, -0.2) is 41.6 Å². The Bertz CT molecular complexity index is 129. The van der Waals surface area contributed by atoms with Gasteiger partial charge in [-0.2, -0.15) is 0 Å². The molecule has 86 valence electrons. The summed E-state index contributed by atoms with van der Waals surface area (Å²) in [5, 5.41) is 7.05. The third kappa shape index (κ3) is 12.4. The first kappa shape index (κ1) is 14.4. The van der Waals surface area contributed by atoms with Gasteiger partial charge in [-0.25, -0.2) is 0 Å². The van der Waals surface area contributed by atoms with Crippen molar-refractivity contribution in [2.24, 2.45) is 0 Å². The molecule has 0 atom stereocenters. The van der Waals surface area contributed by atoms with Gasteiger partial charge in [-0.05, 0) is 12.3 Å². The molecular weight excluding hydrogens is 204 g/mol. The molecule has 0 aromatic carbocycles. The fraction of sp³-hybridized carbons (Fsp3) is 1.00. The zero-order valence-electron chi connectivity index (χ0n) is 10.8. The molecule has 0 heterocycles. The van der Waals surface area contributed by atoms with Crippen molar-refractivity contribution in [3.05, 3.63) is 0 Å². The van der Waals surface area contributed by atoms with Crippen molar-refractivity contribution in [3.8, 4) is 0 Å². The van der Waals surface area contributed by atoms with Crippen LogP contribution >= 0.6 is 0 Å². The third-order valence-electron chi connectivity index (χ3n) is 1.79. The quantitative estimate of drug-likeness (QED) is 0.518. The lowest BCUT2D eigenvalue weighted by molar-refractivity contribution is 0.682. The lowest BCUT2D eigenvalue weighted by Crippen LogP contribution is -2.42. The summed E-state index contributed by atoms with van der Waals surface area (Å²) in [6, 6.07) is 0. The first-order chi connectivity index (χ1) is 6.21. The van der Waals surface area contributed by atoms with E-state index in [9.17, 15) is 0 Å². The molecule has 0 saturated carbocycles. The minimum atomic E-state index is -0.884. The molecule has 0 radical (unpaired) electrons. The number of hydrogen-bond acceptors (Lipinski definition) is 2. The largest absolute Gasteiger partial charge is 0.318 e. The Hall–Kier alpha value is 0.354. The van der Waals surface area contributed by atoms with Gasteiger partial charge >= 0.3 is 0 Å². The van der Waals surface area contributed by atoms with Crippen LogP contribution in [0.5, 0.6) is 0 Å². The van der Waals surface area contributed by atoms with Crippen molar-refractivity contribution in [1.29, 1.82) is 0 Å². The van der Waals surface area contributed by atoms with E-state index in [4.69, 9.17) is 0 Å². The predicted octanol–water partition coefficient (Wildman–Crippen LogP) is 1.92. The molecule has 0 unspecified atom stereocenters. The van der Waals surface area contributed by atoms with Crippen LogP contribution in [0.15, 0.2) is 0 Å². The van der Waals surface area contributed by atoms with Crippen molar-refractivity contribution in [2.75, 3.05) is 25.4 Å². The molecule has 0 fully saturated rings. The normalized spacial score (nSPS) is 13.3. The van der Waals surface area contributed by atoms with Gasteiger partial charge in [-0.15, -0.1) is 0 Å². The van der Waals surface area contributed by atoms with E-state index < -0.39 is 16.1 Å². The molecule has 0 aliphatic rings. The summed E-state index contributed by atoms with van der Waals surface area (Å²) in [6.45, 7) is 16.6. The number of rotatable bonds is 7. The van der Waals surface area contributed by atoms with Crippen LogP contribution in [0.1, 0.15) is 0 Å². The summed E-state index contributed by atoms with van der Waals surface area (Å²) >= 11 is 0. The third-order valence-corrected chi connectivity index (χ3v) is 4.41. The second-order valence-corrected chi connectivity index (χ2v) is 17.4. The zero-order valence-corrected chi connectivity index (χ0v) is 12.8. The van der Waals surface area contributed by atoms with Crippen LogP contribution in [0.4, 0.5) is 0 Å². The predicted molar refractivity (Wildman–Crippen MR) is 72.4 cm³/mol. The fourth-order valence-corrected chi connectivity index (χ4v) is 2.96. The van der Waals surface area contributed by atoms with Gasteiger partial charge in [0.1, 0.15) is 0 Å². The minimum absolute atomic E-state index is 0.884. The molecule has 14 heavy (non-hydrogen) atoms. The molecule has 4 heteroatoms. The minimum Gasteiger partial charge on any atom is -0.318 e. The van der Waals surface area contributed by atoms with Crippen LogP contribution in [0.2, 0.25) is 39.3 Å². The summed E-state index contributed by atoms with van der Waals surface area (Å²) in [7, 11) is -1.77. The molecule has 0 aromatic heterocycles. The van der Waals surface area contributed by atoms with Gasteiger partial charge < -0.3 is 10.6 Å². The molecule has 0 aliphatic carbocycles. The topological polar surface area (TPSA) is 24.1 Å². The van der Waals surface area contributed by atoms with E-state index in [0.29, 0.717) is 0 Å². The maximum absolute atomic E-state index is 3.53. The summed E-state index contributed by atoms with van der Waals surface area (Å²) < 4.78 is 0. The summed E-state index contributed by atoms with van der Waals surface area (Å²) in [5.41, 5.74) is 0. The SMILES string of the molecule is C[Si](C)(C)CNCCNC[Si](C)(C)C. The average Bonchev–Trinajstić information content (AvgIpc) is 1.92. The molecule has 0 saturated heterocycles. The van der Waals surface area contributed by atoms with Crippen LogP contribution in [-0.2, 0) is 0 Å². The van der Waals surface area contributed by atoms with Gasteiger partial charge in [0.15, 0.2) is 0 Å². The van der Waals surface area contributed by atoms with Crippen LogP contribution in [0, 0.1) is 0 Å². The zero-order chi connectivity index (χ0) is 11.2. The standard InChI is InChI=1S/C10H28N2Si2/c1-13(2,3)9-11-7-8-12-10-14(4,5)6/h11-12H,7-10H2,1-6H3. The molecule has 0 spiro atoms. The van der Waals surface area contributed by atoms with E-state index in [0.717, 1.165) is 13.1 Å². The first-order valence-corrected chi connectivity index (χ1v) is 13.0. The van der Waals surface area contributed by atoms with E-state index in [1.54, 1.807) is 0 Å². The van der Waals surface area contributed by atoms with Crippen molar-refractivity contribution < 1.29 is 0 Å². The van der Waals surface area contributed by atoms with Crippen molar-refractivity contribution in [1.82, 2.24) is 10.6 Å². The highest BCUT2D eigenvalue weighted by atomic mass is 28.3. The second kappa shape index (κ2) is 6.05. The molecule has 0 rings (SSSR count). The molecular formula is C10H28N2Si2. The number of hydrogen-bond donors (Lipinski definition) is 2. The van der Waals surface area contributed by atoms with E-state index in [1.165, 1.54) is 12.3 Å². The van der Waals surface area contributed by atoms with Crippen LogP contribution in [0.3, 0.4) is 0 Å². The summed E-state index contributed by atoms with van der Waals surface area (Å²) in [5.74, 6) is 0. The smallest absolute Gasteiger partial charge is 0.0595 e. The van der Waals surface area contributed by atoms with Crippen LogP contribution < -0.4 is 10.6 Å². The van der Waals surface area contributed by atoms with E-state index in [2.05, 4.69) is 49.9 Å². The lowest BCUT2D eigenvalue weighted by Gasteiger charge is -2.19. The fourth-order valence-electron chi connectivity index (χ4n) is 1.10. The van der Waals surface area contributed by atoms with E-state index in [-0.39, 0.29) is 0 Å². The maximum Gasteiger partial charge on any atom is 0.0595 e. The van der Waals surface area contributed by atoms with Gasteiger partial charge in [-0.3, -0.25) is 0 Å². The van der Waals surface area contributed by atoms with Gasteiger partial charge in [-0.1, -0.05) is 39.3 Å². The monoisotopic (exact) mass is 232 g/mol. The Morgan fingerprint density at radius 1 is 0.643 bits per heavy atom. The summed E-state index contributed by atoms with van der Waals surface area (Å²) in [4.78, 5) is 0. The Morgan fingerprint density at radius 2 is 0.929 bits per heavy atom. The molecule has 0 bridgehead atoms. The Labute approximate surface area is 91.9 Å². The van der Waals surface area contributed by atoms with Crippen molar-refractivity contribution in [2.45, 2.75) is 39.3 Å². The average molecular weight is 233 g/mol. The van der Waals surface area contributed by atoms with Gasteiger partial charge in [0.05, 0.1) is 16.1 Å². The van der Waals surface area contributed by atoms with Crippen LogP contribution in [0.25, 0.3) is 0 Å². The Kier molecular flexibility index (Phi) is 6.20. The van der Waals surface area contributed by atoms with Crippen molar-refractivity contribution in [3.63, 3.8) is 0 Å². The van der Waals surface area contributed by atoms with Gasteiger partial charge in [0.2, 0.25) is 0 Å². The lowest BCUT2D eigenvalue weighted by atomic mass is 10.6. The van der Waals surface area contributed by atoms with Crippen molar-refractivity contribution >= 4 is 16.1 Å². The highest BCUT2D eigenvalue weighted by molar-refractivity contribution is 6.76.